The van der Waals surface area contributed by atoms with Crippen molar-refractivity contribution in [2.75, 3.05) is 60.6 Å². The van der Waals surface area contributed by atoms with Gasteiger partial charge in [-0.2, -0.15) is 0 Å². The number of esters is 3. The van der Waals surface area contributed by atoms with Crippen LogP contribution in [0.3, 0.4) is 0 Å². The average Bonchev–Trinajstić information content (AvgIpc) is 3.01. The molecule has 0 atom stereocenters. The standard InChI is InChI=1S/C19H36N2O6.C11H24N2O2.C4H6O2/c1-19(2,3)27-18(24)20-12-8-6-7-9-13-21(14-10-16(22)25-4)15-11-17(23)26-5;1-11(2,3)15-10(14)13-9-7-5-4-6-8-12;1-3-4(5)6-2/h6-15H2,1-5H3,(H,20,24);4-9,12H2,1-3H3,(H,13,14);3H,1H2,2H3. The minimum Gasteiger partial charge on any atom is -0.469 e. The topological polar surface area (TPSA) is 185 Å². The summed E-state index contributed by atoms with van der Waals surface area (Å²) in [5.74, 6) is -0.910. The highest BCUT2D eigenvalue weighted by Gasteiger charge is 2.16. The van der Waals surface area contributed by atoms with Gasteiger partial charge in [0.15, 0.2) is 0 Å². The lowest BCUT2D eigenvalue weighted by molar-refractivity contribution is -0.141. The second-order valence-electron chi connectivity index (χ2n) is 12.7. The summed E-state index contributed by atoms with van der Waals surface area (Å²) in [7, 11) is 4.04. The van der Waals surface area contributed by atoms with E-state index >= 15 is 0 Å². The Labute approximate surface area is 289 Å². The van der Waals surface area contributed by atoms with Crippen LogP contribution in [0, 0.1) is 0 Å². The molecule has 0 rings (SSSR count). The SMILES string of the molecule is C=CC(=O)OC.CC(C)(C)OC(=O)NCCCCCCN.COC(=O)CCN(CCCCCCNC(=O)OC(C)(C)C)CCC(=O)OC. The summed E-state index contributed by atoms with van der Waals surface area (Å²) in [5.41, 5.74) is 4.47. The lowest BCUT2D eigenvalue weighted by Gasteiger charge is -2.21. The number of alkyl carbamates (subject to hydrolysis) is 2. The lowest BCUT2D eigenvalue weighted by atomic mass is 10.2. The zero-order valence-corrected chi connectivity index (χ0v) is 31.2. The molecule has 0 aromatic heterocycles. The molecule has 0 bridgehead atoms. The van der Waals surface area contributed by atoms with Gasteiger partial charge in [-0.3, -0.25) is 9.59 Å². The van der Waals surface area contributed by atoms with Crippen molar-refractivity contribution in [1.82, 2.24) is 15.5 Å². The van der Waals surface area contributed by atoms with E-state index in [1.54, 1.807) is 0 Å². The van der Waals surface area contributed by atoms with E-state index in [0.29, 0.717) is 39.0 Å². The van der Waals surface area contributed by atoms with Crippen molar-refractivity contribution in [1.29, 1.82) is 0 Å². The van der Waals surface area contributed by atoms with Crippen LogP contribution in [0.4, 0.5) is 9.59 Å². The van der Waals surface area contributed by atoms with E-state index in [2.05, 4.69) is 36.3 Å². The molecule has 0 spiro atoms. The number of carbonyl (C=O) groups excluding carboxylic acids is 5. The second-order valence-corrected chi connectivity index (χ2v) is 12.7. The van der Waals surface area contributed by atoms with Crippen molar-refractivity contribution in [2.24, 2.45) is 5.73 Å². The number of hydrogen-bond donors (Lipinski definition) is 3. The molecule has 0 fully saturated rings. The van der Waals surface area contributed by atoms with E-state index in [0.717, 1.165) is 70.5 Å². The second kappa shape index (κ2) is 30.9. The van der Waals surface area contributed by atoms with Gasteiger partial charge in [0.05, 0.1) is 34.2 Å². The van der Waals surface area contributed by atoms with Gasteiger partial charge in [0, 0.05) is 32.3 Å². The number of carbonyl (C=O) groups is 5. The molecule has 0 heterocycles. The molecule has 0 aliphatic rings. The molecule has 14 nitrogen and oxygen atoms in total. The maximum atomic E-state index is 11.5. The summed E-state index contributed by atoms with van der Waals surface area (Å²) in [6, 6.07) is 0. The predicted octanol–water partition coefficient (Wildman–Crippen LogP) is 4.88. The van der Waals surface area contributed by atoms with E-state index in [1.165, 1.54) is 21.3 Å². The number of methoxy groups -OCH3 is 3. The molecule has 0 saturated heterocycles. The molecular formula is C34H66N4O10. The zero-order chi connectivity index (χ0) is 37.4. The quantitative estimate of drug-likeness (QED) is 0.0682. The van der Waals surface area contributed by atoms with Crippen molar-refractivity contribution in [3.63, 3.8) is 0 Å². The van der Waals surface area contributed by atoms with Gasteiger partial charge in [-0.15, -0.1) is 0 Å². The van der Waals surface area contributed by atoms with Crippen molar-refractivity contribution in [3.8, 4) is 0 Å². The first-order valence-electron chi connectivity index (χ1n) is 16.6. The van der Waals surface area contributed by atoms with Crippen molar-refractivity contribution >= 4 is 30.1 Å². The Hall–Kier alpha value is -3.39. The van der Waals surface area contributed by atoms with Gasteiger partial charge < -0.3 is 45.0 Å². The molecule has 0 aromatic carbocycles. The molecule has 0 aromatic rings. The van der Waals surface area contributed by atoms with Crippen LogP contribution in [-0.4, -0.2) is 107 Å². The van der Waals surface area contributed by atoms with Crippen LogP contribution in [0.2, 0.25) is 0 Å². The first-order chi connectivity index (χ1) is 22.4. The van der Waals surface area contributed by atoms with Crippen molar-refractivity contribution in [3.05, 3.63) is 12.7 Å². The van der Waals surface area contributed by atoms with Crippen LogP contribution in [0.25, 0.3) is 0 Å². The Kier molecular flexibility index (Phi) is 31.6. The lowest BCUT2D eigenvalue weighted by Crippen LogP contribution is -2.33. The Bertz CT molecular complexity index is 866. The molecule has 14 heteroatoms. The third-order valence-electron chi connectivity index (χ3n) is 5.96. The molecule has 4 N–H and O–H groups in total. The molecule has 0 saturated carbocycles. The Morgan fingerprint density at radius 1 is 0.625 bits per heavy atom. The fraction of sp³-hybridized carbons (Fsp3) is 0.794. The number of ether oxygens (including phenoxy) is 5. The highest BCUT2D eigenvalue weighted by molar-refractivity contribution is 5.80. The Morgan fingerprint density at radius 3 is 1.33 bits per heavy atom. The first-order valence-corrected chi connectivity index (χ1v) is 16.6. The van der Waals surface area contributed by atoms with E-state index in [1.807, 2.05) is 41.5 Å². The zero-order valence-electron chi connectivity index (χ0n) is 31.2. The largest absolute Gasteiger partial charge is 0.469 e. The molecule has 0 radical (unpaired) electrons. The predicted molar refractivity (Wildman–Crippen MR) is 186 cm³/mol. The van der Waals surface area contributed by atoms with Crippen LogP contribution in [-0.2, 0) is 38.1 Å². The summed E-state index contributed by atoms with van der Waals surface area (Å²) < 4.78 is 23.7. The van der Waals surface area contributed by atoms with Crippen molar-refractivity contribution in [2.45, 2.75) is 117 Å². The number of nitrogens with one attached hydrogen (secondary N) is 2. The third kappa shape index (κ3) is 40.6. The molecule has 0 aliphatic carbocycles. The molecule has 0 unspecified atom stereocenters. The summed E-state index contributed by atoms with van der Waals surface area (Å²) in [6.45, 7) is 18.2. The highest BCUT2D eigenvalue weighted by atomic mass is 16.6. The Balaban J connectivity index is -0.000000802. The van der Waals surface area contributed by atoms with Crippen LogP contribution in [0.15, 0.2) is 12.7 Å². The molecule has 0 aliphatic heterocycles. The average molecular weight is 691 g/mol. The maximum Gasteiger partial charge on any atom is 0.407 e. The summed E-state index contributed by atoms with van der Waals surface area (Å²) in [5, 5.41) is 5.47. The van der Waals surface area contributed by atoms with E-state index < -0.39 is 17.2 Å². The summed E-state index contributed by atoms with van der Waals surface area (Å²) in [4.78, 5) is 57.3. The third-order valence-corrected chi connectivity index (χ3v) is 5.96. The van der Waals surface area contributed by atoms with E-state index in [4.69, 9.17) is 15.2 Å². The number of amides is 2. The highest BCUT2D eigenvalue weighted by Crippen LogP contribution is 2.08. The summed E-state index contributed by atoms with van der Waals surface area (Å²) >= 11 is 0. The van der Waals surface area contributed by atoms with Crippen molar-refractivity contribution < 1.29 is 47.7 Å². The number of nitrogens with two attached hydrogens (primary N) is 1. The number of unbranched alkanes of at least 4 members (excludes halogenated alkanes) is 6. The first kappa shape index (κ1) is 49.0. The van der Waals surface area contributed by atoms with Crippen LogP contribution < -0.4 is 16.4 Å². The van der Waals surface area contributed by atoms with Crippen LogP contribution in [0.1, 0.15) is 106 Å². The van der Waals surface area contributed by atoms with Gasteiger partial charge in [0.25, 0.3) is 0 Å². The normalized spacial score (nSPS) is 10.6. The smallest absolute Gasteiger partial charge is 0.407 e. The molecule has 48 heavy (non-hydrogen) atoms. The van der Waals surface area contributed by atoms with Crippen LogP contribution in [0.5, 0.6) is 0 Å². The molecule has 282 valence electrons. The van der Waals surface area contributed by atoms with Gasteiger partial charge in [0.2, 0.25) is 0 Å². The molecular weight excluding hydrogens is 624 g/mol. The van der Waals surface area contributed by atoms with Crippen LogP contribution >= 0.6 is 0 Å². The molecule has 2 amide bonds. The van der Waals surface area contributed by atoms with Gasteiger partial charge in [0.1, 0.15) is 11.2 Å². The summed E-state index contributed by atoms with van der Waals surface area (Å²) in [6.07, 6.45) is 9.10. The van der Waals surface area contributed by atoms with Gasteiger partial charge in [-0.25, -0.2) is 14.4 Å². The van der Waals surface area contributed by atoms with E-state index in [9.17, 15) is 24.0 Å². The van der Waals surface area contributed by atoms with Gasteiger partial charge >= 0.3 is 30.1 Å². The fourth-order valence-electron chi connectivity index (χ4n) is 3.57. The van der Waals surface area contributed by atoms with Gasteiger partial charge in [-0.05, 0) is 80.3 Å². The monoisotopic (exact) mass is 690 g/mol. The fourth-order valence-corrected chi connectivity index (χ4v) is 3.57. The van der Waals surface area contributed by atoms with E-state index in [-0.39, 0.29) is 24.1 Å². The Morgan fingerprint density at radius 2 is 1.02 bits per heavy atom. The number of nitrogens with zero attached hydrogens (tertiary/aromatic N) is 1. The maximum absolute atomic E-state index is 11.5. The minimum absolute atomic E-state index is 0.258. The minimum atomic E-state index is -0.484. The number of hydrogen-bond acceptors (Lipinski definition) is 12. The van der Waals surface area contributed by atoms with Gasteiger partial charge in [-0.1, -0.05) is 32.3 Å². The number of rotatable bonds is 20.